The molecule has 0 saturated carbocycles. The number of carbonyl (C=O) groups is 1. The number of esters is 1. The molecule has 0 bridgehead atoms. The number of carbonyl (C=O) groups excluding carboxylic acids is 1. The van der Waals surface area contributed by atoms with Crippen molar-refractivity contribution in [3.8, 4) is 22.6 Å². The van der Waals surface area contributed by atoms with E-state index in [1.54, 1.807) is 19.1 Å². The number of imidazole rings is 1. The van der Waals surface area contributed by atoms with Gasteiger partial charge in [0, 0.05) is 36.6 Å². The molecule has 6 heteroatoms. The predicted octanol–water partition coefficient (Wildman–Crippen LogP) is 3.57. The van der Waals surface area contributed by atoms with Crippen LogP contribution in [0, 0.1) is 0 Å². The van der Waals surface area contributed by atoms with Gasteiger partial charge in [0.2, 0.25) is 0 Å². The molecule has 0 unspecified atom stereocenters. The van der Waals surface area contributed by atoms with Crippen LogP contribution in [0.3, 0.4) is 0 Å². The van der Waals surface area contributed by atoms with Crippen LogP contribution in [0.15, 0.2) is 48.5 Å². The van der Waals surface area contributed by atoms with E-state index in [0.29, 0.717) is 29.5 Å². The molecule has 1 aromatic heterocycles. The van der Waals surface area contributed by atoms with Gasteiger partial charge in [0.05, 0.1) is 6.61 Å². The van der Waals surface area contributed by atoms with E-state index in [-0.39, 0.29) is 0 Å². The summed E-state index contributed by atoms with van der Waals surface area (Å²) < 4.78 is 5.18. The zero-order chi connectivity index (χ0) is 18.7. The highest BCUT2D eigenvalue weighted by Gasteiger charge is 2.20. The Morgan fingerprint density at radius 2 is 1.69 bits per heavy atom. The zero-order valence-electron chi connectivity index (χ0n) is 15.1. The molecule has 0 saturated heterocycles. The first-order valence-electron chi connectivity index (χ1n) is 8.40. The summed E-state index contributed by atoms with van der Waals surface area (Å²) in [6, 6.07) is 15.2. The third-order valence-corrected chi connectivity index (χ3v) is 4.02. The van der Waals surface area contributed by atoms with E-state index >= 15 is 0 Å². The minimum absolute atomic E-state index is 0.300. The van der Waals surface area contributed by atoms with Gasteiger partial charge in [-0.3, -0.25) is 0 Å². The van der Waals surface area contributed by atoms with Gasteiger partial charge in [-0.15, -0.1) is 0 Å². The lowest BCUT2D eigenvalue weighted by atomic mass is 10.1. The molecule has 6 nitrogen and oxygen atoms in total. The fraction of sp³-hybridized carbons (Fsp3) is 0.200. The molecule has 3 aromatic rings. The normalized spacial score (nSPS) is 10.6. The first kappa shape index (κ1) is 17.5. The molecular formula is C20H22N4O2. The molecule has 3 rings (SSSR count). The summed E-state index contributed by atoms with van der Waals surface area (Å²) in [5, 5.41) is 0. The van der Waals surface area contributed by atoms with Crippen LogP contribution < -0.4 is 10.6 Å². The van der Waals surface area contributed by atoms with Crippen molar-refractivity contribution in [3.63, 3.8) is 0 Å². The van der Waals surface area contributed by atoms with Crippen molar-refractivity contribution in [3.05, 3.63) is 54.2 Å². The monoisotopic (exact) mass is 350 g/mol. The Kier molecular flexibility index (Phi) is 4.93. The second-order valence-corrected chi connectivity index (χ2v) is 6.09. The summed E-state index contributed by atoms with van der Waals surface area (Å²) in [6.07, 6.45) is 0. The van der Waals surface area contributed by atoms with Gasteiger partial charge in [-0.2, -0.15) is 0 Å². The molecule has 0 amide bonds. The van der Waals surface area contributed by atoms with Gasteiger partial charge in [-0.1, -0.05) is 12.1 Å². The van der Waals surface area contributed by atoms with Gasteiger partial charge >= 0.3 is 5.97 Å². The van der Waals surface area contributed by atoms with Crippen molar-refractivity contribution >= 4 is 17.3 Å². The lowest BCUT2D eigenvalue weighted by Crippen LogP contribution is -2.08. The Hall–Kier alpha value is -3.28. The number of nitrogens with two attached hydrogens (primary N) is 1. The molecule has 134 valence electrons. The first-order valence-corrected chi connectivity index (χ1v) is 8.40. The number of nitrogens with one attached hydrogen (secondary N) is 1. The third-order valence-electron chi connectivity index (χ3n) is 4.02. The quantitative estimate of drug-likeness (QED) is 0.543. The number of hydrogen-bond acceptors (Lipinski definition) is 5. The largest absolute Gasteiger partial charge is 0.461 e. The minimum atomic E-state index is -0.423. The lowest BCUT2D eigenvalue weighted by molar-refractivity contribution is 0.0521. The molecule has 0 radical (unpaired) electrons. The van der Waals surface area contributed by atoms with Crippen molar-refractivity contribution in [2.45, 2.75) is 6.92 Å². The van der Waals surface area contributed by atoms with E-state index in [1.807, 2.05) is 55.4 Å². The van der Waals surface area contributed by atoms with Gasteiger partial charge in [0.15, 0.2) is 5.69 Å². The molecule has 3 N–H and O–H groups in total. The molecule has 0 atom stereocenters. The van der Waals surface area contributed by atoms with Crippen molar-refractivity contribution in [1.29, 1.82) is 0 Å². The van der Waals surface area contributed by atoms with Gasteiger partial charge in [-0.05, 0) is 43.3 Å². The number of anilines is 2. The van der Waals surface area contributed by atoms with E-state index in [2.05, 4.69) is 9.97 Å². The molecule has 0 spiro atoms. The molecule has 0 fully saturated rings. The number of nitrogen functional groups attached to an aromatic ring is 1. The van der Waals surface area contributed by atoms with E-state index in [0.717, 1.165) is 16.8 Å². The Labute approximate surface area is 152 Å². The third kappa shape index (κ3) is 3.54. The van der Waals surface area contributed by atoms with Crippen molar-refractivity contribution in [2.75, 3.05) is 31.3 Å². The van der Waals surface area contributed by atoms with Crippen LogP contribution in [-0.4, -0.2) is 36.6 Å². The Morgan fingerprint density at radius 3 is 2.27 bits per heavy atom. The summed E-state index contributed by atoms with van der Waals surface area (Å²) in [7, 11) is 3.96. The summed E-state index contributed by atoms with van der Waals surface area (Å²) in [6.45, 7) is 2.08. The Bertz CT molecular complexity index is 897. The van der Waals surface area contributed by atoms with E-state index in [4.69, 9.17) is 10.5 Å². The average molecular weight is 350 g/mol. The number of H-pyrrole nitrogens is 1. The van der Waals surface area contributed by atoms with Crippen LogP contribution in [0.25, 0.3) is 22.6 Å². The molecule has 0 aliphatic rings. The fourth-order valence-electron chi connectivity index (χ4n) is 2.63. The second kappa shape index (κ2) is 7.31. The highest BCUT2D eigenvalue weighted by Crippen LogP contribution is 2.28. The molecule has 0 aliphatic carbocycles. The van der Waals surface area contributed by atoms with Crippen molar-refractivity contribution in [1.82, 2.24) is 9.97 Å². The Balaban J connectivity index is 2.06. The summed E-state index contributed by atoms with van der Waals surface area (Å²) in [4.78, 5) is 22.2. The van der Waals surface area contributed by atoms with E-state index in [1.165, 1.54) is 0 Å². The molecular weight excluding hydrogens is 328 g/mol. The Morgan fingerprint density at radius 1 is 1.08 bits per heavy atom. The fourth-order valence-corrected chi connectivity index (χ4v) is 2.63. The van der Waals surface area contributed by atoms with Gasteiger partial charge in [-0.25, -0.2) is 9.78 Å². The molecule has 2 aromatic carbocycles. The van der Waals surface area contributed by atoms with Gasteiger partial charge < -0.3 is 20.4 Å². The lowest BCUT2D eigenvalue weighted by Gasteiger charge is -2.12. The van der Waals surface area contributed by atoms with Crippen LogP contribution >= 0.6 is 0 Å². The molecule has 26 heavy (non-hydrogen) atoms. The maximum absolute atomic E-state index is 12.4. The smallest absolute Gasteiger partial charge is 0.357 e. The van der Waals surface area contributed by atoms with Crippen LogP contribution in [0.4, 0.5) is 11.4 Å². The average Bonchev–Trinajstić information content (AvgIpc) is 3.08. The summed E-state index contributed by atoms with van der Waals surface area (Å²) in [5.41, 5.74) is 10.1. The van der Waals surface area contributed by atoms with Crippen molar-refractivity contribution in [2.24, 2.45) is 0 Å². The topological polar surface area (TPSA) is 84.2 Å². The number of aromatic nitrogens is 2. The highest BCUT2D eigenvalue weighted by atomic mass is 16.5. The van der Waals surface area contributed by atoms with Crippen LogP contribution in [0.5, 0.6) is 0 Å². The standard InChI is InChI=1S/C20H22N4O2/c1-4-26-20(25)18-17(13-7-11-16(12-8-13)24(2)3)22-19(23-18)14-5-9-15(21)10-6-14/h5-12H,4,21H2,1-3H3,(H,22,23). The summed E-state index contributed by atoms with van der Waals surface area (Å²) >= 11 is 0. The maximum atomic E-state index is 12.4. The SMILES string of the molecule is CCOC(=O)c1[nH]c(-c2ccc(N)cc2)nc1-c1ccc(N(C)C)cc1. The van der Waals surface area contributed by atoms with E-state index in [9.17, 15) is 4.79 Å². The highest BCUT2D eigenvalue weighted by molar-refractivity contribution is 5.95. The first-order chi connectivity index (χ1) is 12.5. The van der Waals surface area contributed by atoms with E-state index < -0.39 is 5.97 Å². The number of ether oxygens (including phenoxy) is 1. The van der Waals surface area contributed by atoms with Gasteiger partial charge in [0.1, 0.15) is 11.5 Å². The molecule has 1 heterocycles. The zero-order valence-corrected chi connectivity index (χ0v) is 15.1. The van der Waals surface area contributed by atoms with Gasteiger partial charge in [0.25, 0.3) is 0 Å². The minimum Gasteiger partial charge on any atom is -0.461 e. The van der Waals surface area contributed by atoms with Crippen molar-refractivity contribution < 1.29 is 9.53 Å². The van der Waals surface area contributed by atoms with Crippen LogP contribution in [0.2, 0.25) is 0 Å². The van der Waals surface area contributed by atoms with Crippen LogP contribution in [-0.2, 0) is 4.74 Å². The number of aromatic amines is 1. The predicted molar refractivity (Wildman–Crippen MR) is 104 cm³/mol. The van der Waals surface area contributed by atoms with Crippen LogP contribution in [0.1, 0.15) is 17.4 Å². The number of rotatable bonds is 5. The number of benzene rings is 2. The second-order valence-electron chi connectivity index (χ2n) is 6.09. The number of hydrogen-bond donors (Lipinski definition) is 2. The maximum Gasteiger partial charge on any atom is 0.357 e. The summed E-state index contributed by atoms with van der Waals surface area (Å²) in [5.74, 6) is 0.174. The number of nitrogens with zero attached hydrogens (tertiary/aromatic N) is 2. The molecule has 0 aliphatic heterocycles.